The normalized spacial score (nSPS) is 20.9. The van der Waals surface area contributed by atoms with Crippen molar-refractivity contribution in [2.45, 2.75) is 40.0 Å². The lowest BCUT2D eigenvalue weighted by molar-refractivity contribution is 0.0760. The van der Waals surface area contributed by atoms with Crippen molar-refractivity contribution in [3.8, 4) is 0 Å². The van der Waals surface area contributed by atoms with Gasteiger partial charge in [-0.15, -0.1) is 11.3 Å². The van der Waals surface area contributed by atoms with Crippen LogP contribution in [0.1, 0.15) is 49.7 Å². The zero-order chi connectivity index (χ0) is 14.9. The molecular formula is C15H21Br2NOS. The second kappa shape index (κ2) is 6.49. The van der Waals surface area contributed by atoms with Crippen LogP contribution >= 0.6 is 43.2 Å². The predicted molar refractivity (Wildman–Crippen MR) is 92.4 cm³/mol. The lowest BCUT2D eigenvalue weighted by Gasteiger charge is -2.29. The van der Waals surface area contributed by atoms with Gasteiger partial charge >= 0.3 is 0 Å². The molecule has 0 radical (unpaired) electrons. The minimum Gasteiger partial charge on any atom is -0.338 e. The molecular weight excluding hydrogens is 402 g/mol. The highest BCUT2D eigenvalue weighted by molar-refractivity contribution is 9.13. The Hall–Kier alpha value is 0.130. The fourth-order valence-corrected chi connectivity index (χ4v) is 4.78. The molecule has 0 N–H and O–H groups in total. The first-order chi connectivity index (χ1) is 9.29. The van der Waals surface area contributed by atoms with Crippen molar-refractivity contribution < 1.29 is 4.79 Å². The Morgan fingerprint density at radius 3 is 2.55 bits per heavy atom. The quantitative estimate of drug-likeness (QED) is 0.579. The van der Waals surface area contributed by atoms with Gasteiger partial charge in [0.2, 0.25) is 0 Å². The highest BCUT2D eigenvalue weighted by Gasteiger charge is 2.29. The van der Waals surface area contributed by atoms with E-state index in [2.05, 4.69) is 52.6 Å². The first kappa shape index (κ1) is 16.5. The van der Waals surface area contributed by atoms with E-state index in [1.54, 1.807) is 0 Å². The summed E-state index contributed by atoms with van der Waals surface area (Å²) in [6.07, 6.45) is 3.45. The Labute approximate surface area is 142 Å². The molecule has 1 atom stereocenters. The van der Waals surface area contributed by atoms with Crippen LogP contribution in [-0.2, 0) is 0 Å². The van der Waals surface area contributed by atoms with Gasteiger partial charge in [0.15, 0.2) is 0 Å². The number of carbonyl (C=O) groups is 1. The molecule has 1 aliphatic heterocycles. The summed E-state index contributed by atoms with van der Waals surface area (Å²) in [6.45, 7) is 8.69. The van der Waals surface area contributed by atoms with Gasteiger partial charge in [0.05, 0.1) is 8.66 Å². The van der Waals surface area contributed by atoms with Gasteiger partial charge in [0, 0.05) is 17.6 Å². The van der Waals surface area contributed by atoms with Crippen LogP contribution in [0, 0.1) is 11.3 Å². The lowest BCUT2D eigenvalue weighted by atomic mass is 9.77. The Morgan fingerprint density at radius 1 is 1.30 bits per heavy atom. The van der Waals surface area contributed by atoms with E-state index in [4.69, 9.17) is 0 Å². The molecule has 0 spiro atoms. The van der Waals surface area contributed by atoms with Crippen LogP contribution in [0.4, 0.5) is 0 Å². The molecule has 0 aromatic carbocycles. The van der Waals surface area contributed by atoms with E-state index in [0.29, 0.717) is 11.3 Å². The van der Waals surface area contributed by atoms with E-state index in [1.807, 2.05) is 11.0 Å². The molecule has 1 amide bonds. The molecule has 1 fully saturated rings. The molecule has 0 bridgehead atoms. The van der Waals surface area contributed by atoms with E-state index < -0.39 is 0 Å². The number of rotatable bonds is 1. The minimum atomic E-state index is 0.177. The summed E-state index contributed by atoms with van der Waals surface area (Å²) in [5.74, 6) is 0.887. The van der Waals surface area contributed by atoms with Crippen LogP contribution in [0.5, 0.6) is 0 Å². The summed E-state index contributed by atoms with van der Waals surface area (Å²) in [6, 6.07) is 1.92. The third kappa shape index (κ3) is 3.86. The number of halogens is 2. The molecule has 0 saturated carbocycles. The van der Waals surface area contributed by atoms with Gasteiger partial charge in [-0.05, 0) is 68.5 Å². The van der Waals surface area contributed by atoms with E-state index in [1.165, 1.54) is 17.8 Å². The topological polar surface area (TPSA) is 20.3 Å². The largest absolute Gasteiger partial charge is 0.338 e. The molecule has 112 valence electrons. The summed E-state index contributed by atoms with van der Waals surface area (Å²) < 4.78 is 1.96. The van der Waals surface area contributed by atoms with Crippen molar-refractivity contribution >= 4 is 49.1 Å². The Morgan fingerprint density at radius 2 is 2.00 bits per heavy atom. The first-order valence-corrected chi connectivity index (χ1v) is 9.43. The van der Waals surface area contributed by atoms with Crippen LogP contribution in [0.3, 0.4) is 0 Å². The fourth-order valence-electron chi connectivity index (χ4n) is 2.77. The van der Waals surface area contributed by atoms with Crippen molar-refractivity contribution in [1.82, 2.24) is 4.90 Å². The highest BCUT2D eigenvalue weighted by Crippen LogP contribution is 2.36. The average Bonchev–Trinajstić information content (AvgIpc) is 2.58. The second-order valence-corrected chi connectivity index (χ2v) is 9.74. The standard InChI is InChI=1S/C15H21Br2NOS/c1-15(2,3)10-5-4-7-18(8-6-10)14(19)12-9-11(16)13(17)20-12/h9-10H,4-8H2,1-3H3. The summed E-state index contributed by atoms with van der Waals surface area (Å²) in [7, 11) is 0. The van der Waals surface area contributed by atoms with E-state index in [9.17, 15) is 4.79 Å². The third-order valence-electron chi connectivity index (χ3n) is 4.10. The van der Waals surface area contributed by atoms with Gasteiger partial charge < -0.3 is 4.90 Å². The maximum atomic E-state index is 12.6. The van der Waals surface area contributed by atoms with Crippen LogP contribution in [0.2, 0.25) is 0 Å². The van der Waals surface area contributed by atoms with Crippen molar-refractivity contribution in [1.29, 1.82) is 0 Å². The zero-order valence-electron chi connectivity index (χ0n) is 12.2. The minimum absolute atomic E-state index is 0.177. The van der Waals surface area contributed by atoms with Crippen LogP contribution in [0.25, 0.3) is 0 Å². The van der Waals surface area contributed by atoms with Gasteiger partial charge in [0.25, 0.3) is 5.91 Å². The van der Waals surface area contributed by atoms with E-state index >= 15 is 0 Å². The molecule has 2 nitrogen and oxygen atoms in total. The molecule has 20 heavy (non-hydrogen) atoms. The van der Waals surface area contributed by atoms with Crippen LogP contribution < -0.4 is 0 Å². The number of thiophene rings is 1. The number of amides is 1. The maximum absolute atomic E-state index is 12.6. The zero-order valence-corrected chi connectivity index (χ0v) is 16.2. The summed E-state index contributed by atoms with van der Waals surface area (Å²) in [4.78, 5) is 15.4. The highest BCUT2D eigenvalue weighted by atomic mass is 79.9. The predicted octanol–water partition coefficient (Wildman–Crippen LogP) is 5.56. The molecule has 2 rings (SSSR count). The van der Waals surface area contributed by atoms with E-state index in [-0.39, 0.29) is 5.91 Å². The monoisotopic (exact) mass is 421 g/mol. The van der Waals surface area contributed by atoms with Crippen molar-refractivity contribution in [2.75, 3.05) is 13.1 Å². The number of hydrogen-bond donors (Lipinski definition) is 0. The fraction of sp³-hybridized carbons (Fsp3) is 0.667. The molecule has 0 aliphatic carbocycles. The molecule has 1 aromatic rings. The molecule has 2 heterocycles. The Bertz CT molecular complexity index is 473. The SMILES string of the molecule is CC(C)(C)C1CCCN(C(=O)c2cc(Br)c(Br)s2)CC1. The van der Waals surface area contributed by atoms with Gasteiger partial charge in [-0.3, -0.25) is 4.79 Å². The number of nitrogens with zero attached hydrogens (tertiary/aromatic N) is 1. The van der Waals surface area contributed by atoms with Crippen LogP contribution in [-0.4, -0.2) is 23.9 Å². The third-order valence-corrected chi connectivity index (χ3v) is 7.34. The van der Waals surface area contributed by atoms with Gasteiger partial charge in [-0.25, -0.2) is 0 Å². The maximum Gasteiger partial charge on any atom is 0.264 e. The second-order valence-electron chi connectivity index (χ2n) is 6.52. The smallest absolute Gasteiger partial charge is 0.264 e. The molecule has 5 heteroatoms. The Balaban J connectivity index is 2.05. The van der Waals surface area contributed by atoms with Gasteiger partial charge in [-0.2, -0.15) is 0 Å². The van der Waals surface area contributed by atoms with Crippen LogP contribution in [0.15, 0.2) is 14.3 Å². The molecule has 1 saturated heterocycles. The van der Waals surface area contributed by atoms with E-state index in [0.717, 1.165) is 39.1 Å². The summed E-state index contributed by atoms with van der Waals surface area (Å²) in [5.41, 5.74) is 0.341. The van der Waals surface area contributed by atoms with Crippen molar-refractivity contribution in [3.05, 3.63) is 19.2 Å². The number of hydrogen-bond acceptors (Lipinski definition) is 2. The average molecular weight is 423 g/mol. The Kier molecular flexibility index (Phi) is 5.35. The first-order valence-electron chi connectivity index (χ1n) is 7.03. The lowest BCUT2D eigenvalue weighted by Crippen LogP contribution is -2.32. The van der Waals surface area contributed by atoms with Gasteiger partial charge in [-0.1, -0.05) is 20.8 Å². The molecule has 1 aliphatic rings. The summed E-state index contributed by atoms with van der Waals surface area (Å²) in [5, 5.41) is 0. The number of carbonyl (C=O) groups excluding carboxylic acids is 1. The van der Waals surface area contributed by atoms with Crippen molar-refractivity contribution in [3.63, 3.8) is 0 Å². The van der Waals surface area contributed by atoms with Crippen molar-refractivity contribution in [2.24, 2.45) is 11.3 Å². The molecule has 1 aromatic heterocycles. The molecule has 1 unspecified atom stereocenters. The van der Waals surface area contributed by atoms with Gasteiger partial charge in [0.1, 0.15) is 0 Å². The number of likely N-dealkylation sites (tertiary alicyclic amines) is 1. The summed E-state index contributed by atoms with van der Waals surface area (Å²) >= 11 is 8.42.